The molecular weight excluding hydrogens is 242 g/mol. The molecule has 1 heterocycles. The minimum Gasteiger partial charge on any atom is -0.299 e. The smallest absolute Gasteiger partial charge is 0.0251 e. The van der Waals surface area contributed by atoms with Crippen molar-refractivity contribution in [1.29, 1.82) is 0 Å². The molecule has 1 aromatic carbocycles. The molecule has 2 fully saturated rings. The van der Waals surface area contributed by atoms with Gasteiger partial charge in [0.2, 0.25) is 0 Å². The first kappa shape index (κ1) is 12.5. The summed E-state index contributed by atoms with van der Waals surface area (Å²) in [5.74, 6) is 1.64. The number of likely N-dealkylation sites (tertiary alicyclic amines) is 1. The molecule has 1 aliphatic heterocycles. The van der Waals surface area contributed by atoms with Crippen molar-refractivity contribution in [1.82, 2.24) is 4.90 Å². The molecule has 1 aromatic rings. The molecule has 0 radical (unpaired) electrons. The van der Waals surface area contributed by atoms with Crippen molar-refractivity contribution in [2.24, 2.45) is 11.3 Å². The summed E-state index contributed by atoms with van der Waals surface area (Å²) in [6.45, 7) is 3.67. The Morgan fingerprint density at radius 2 is 2.06 bits per heavy atom. The van der Waals surface area contributed by atoms with Crippen molar-refractivity contribution >= 4 is 11.6 Å². The van der Waals surface area contributed by atoms with Crippen molar-refractivity contribution < 1.29 is 0 Å². The van der Waals surface area contributed by atoms with Gasteiger partial charge in [0, 0.05) is 19.0 Å². The third-order valence-corrected chi connectivity index (χ3v) is 5.23. The summed E-state index contributed by atoms with van der Waals surface area (Å²) in [4.78, 5) is 2.63. The van der Waals surface area contributed by atoms with Crippen LogP contribution in [0.15, 0.2) is 30.3 Å². The highest BCUT2D eigenvalue weighted by Gasteiger charge is 2.43. The zero-order valence-electron chi connectivity index (χ0n) is 10.9. The maximum Gasteiger partial charge on any atom is 0.0251 e. The van der Waals surface area contributed by atoms with E-state index in [1.165, 1.54) is 44.3 Å². The zero-order valence-corrected chi connectivity index (χ0v) is 11.7. The number of rotatable bonds is 3. The Bertz CT molecular complexity index is 391. The average molecular weight is 264 g/mol. The van der Waals surface area contributed by atoms with Crippen LogP contribution in [0.1, 0.15) is 31.2 Å². The molecule has 1 saturated carbocycles. The zero-order chi connectivity index (χ0) is 12.4. The minimum absolute atomic E-state index is 0.605. The van der Waals surface area contributed by atoms with Crippen LogP contribution in [-0.4, -0.2) is 23.9 Å². The summed E-state index contributed by atoms with van der Waals surface area (Å²) in [5.41, 5.74) is 2.05. The van der Waals surface area contributed by atoms with Gasteiger partial charge in [-0.2, -0.15) is 0 Å². The van der Waals surface area contributed by atoms with E-state index < -0.39 is 0 Å². The molecule has 0 aromatic heterocycles. The molecule has 2 atom stereocenters. The first-order chi connectivity index (χ1) is 8.80. The molecule has 0 N–H and O–H groups in total. The van der Waals surface area contributed by atoms with Crippen molar-refractivity contribution in [3.05, 3.63) is 35.9 Å². The van der Waals surface area contributed by atoms with Gasteiger partial charge in [-0.05, 0) is 49.1 Å². The van der Waals surface area contributed by atoms with Crippen LogP contribution in [0, 0.1) is 11.3 Å². The first-order valence-electron chi connectivity index (χ1n) is 7.12. The summed E-state index contributed by atoms with van der Waals surface area (Å²) >= 11 is 6.02. The molecule has 1 saturated heterocycles. The molecule has 1 nitrogen and oxygen atoms in total. The van der Waals surface area contributed by atoms with Gasteiger partial charge in [-0.1, -0.05) is 30.3 Å². The molecule has 3 rings (SSSR count). The second-order valence-electron chi connectivity index (χ2n) is 6.21. The molecule has 1 aliphatic carbocycles. The lowest BCUT2D eigenvalue weighted by Crippen LogP contribution is -2.25. The lowest BCUT2D eigenvalue weighted by atomic mass is 9.85. The van der Waals surface area contributed by atoms with Gasteiger partial charge >= 0.3 is 0 Å². The molecule has 0 amide bonds. The fourth-order valence-corrected chi connectivity index (χ4v) is 4.10. The van der Waals surface area contributed by atoms with Gasteiger partial charge in [0.15, 0.2) is 0 Å². The number of nitrogens with zero attached hydrogens (tertiary/aromatic N) is 1. The normalized spacial score (nSPS) is 32.4. The van der Waals surface area contributed by atoms with Gasteiger partial charge in [-0.3, -0.25) is 4.90 Å². The van der Waals surface area contributed by atoms with Crippen LogP contribution in [0.4, 0.5) is 0 Å². The summed E-state index contributed by atoms with van der Waals surface area (Å²) in [5, 5.41) is 0. The van der Waals surface area contributed by atoms with Gasteiger partial charge in [0.05, 0.1) is 0 Å². The average Bonchev–Trinajstić information content (AvgIpc) is 2.99. The monoisotopic (exact) mass is 263 g/mol. The maximum atomic E-state index is 6.02. The molecular formula is C16H22ClN. The highest BCUT2D eigenvalue weighted by Crippen LogP contribution is 2.48. The number of benzene rings is 1. The second-order valence-corrected chi connectivity index (χ2v) is 6.52. The second kappa shape index (κ2) is 5.22. The lowest BCUT2D eigenvalue weighted by Gasteiger charge is -2.24. The van der Waals surface area contributed by atoms with Crippen LogP contribution >= 0.6 is 11.6 Å². The van der Waals surface area contributed by atoms with E-state index in [2.05, 4.69) is 35.2 Å². The van der Waals surface area contributed by atoms with Crippen molar-refractivity contribution in [2.75, 3.05) is 19.0 Å². The summed E-state index contributed by atoms with van der Waals surface area (Å²) in [6.07, 6.45) is 5.49. The van der Waals surface area contributed by atoms with Gasteiger partial charge in [-0.25, -0.2) is 0 Å². The highest BCUT2D eigenvalue weighted by atomic mass is 35.5. The van der Waals surface area contributed by atoms with Gasteiger partial charge < -0.3 is 0 Å². The Balaban J connectivity index is 1.59. The van der Waals surface area contributed by atoms with Crippen molar-refractivity contribution in [3.8, 4) is 0 Å². The van der Waals surface area contributed by atoms with E-state index >= 15 is 0 Å². The maximum absolute atomic E-state index is 6.02. The van der Waals surface area contributed by atoms with Crippen LogP contribution in [-0.2, 0) is 6.54 Å². The fourth-order valence-electron chi connectivity index (χ4n) is 3.83. The van der Waals surface area contributed by atoms with Crippen LogP contribution in [0.25, 0.3) is 0 Å². The van der Waals surface area contributed by atoms with E-state index in [0.29, 0.717) is 5.41 Å². The molecule has 98 valence electrons. The Labute approximate surface area is 115 Å². The standard InChI is InChI=1S/C16H22ClN/c17-11-15-6-7-16(10-15)8-9-18(13-16)12-14-4-2-1-3-5-14/h1-5,15H,6-13H2/t15-,16-/m0/s1. The van der Waals surface area contributed by atoms with Crippen molar-refractivity contribution in [3.63, 3.8) is 0 Å². The Morgan fingerprint density at radius 1 is 1.22 bits per heavy atom. The minimum atomic E-state index is 0.605. The number of alkyl halides is 1. The van der Waals surface area contributed by atoms with Gasteiger partial charge in [-0.15, -0.1) is 11.6 Å². The Hall–Kier alpha value is -0.530. The summed E-state index contributed by atoms with van der Waals surface area (Å²) in [6, 6.07) is 10.8. The number of halogens is 1. The van der Waals surface area contributed by atoms with E-state index in [1.54, 1.807) is 0 Å². The molecule has 18 heavy (non-hydrogen) atoms. The third-order valence-electron chi connectivity index (χ3n) is 4.79. The lowest BCUT2D eigenvalue weighted by molar-refractivity contribution is 0.251. The Morgan fingerprint density at radius 3 is 2.78 bits per heavy atom. The van der Waals surface area contributed by atoms with E-state index in [0.717, 1.165) is 18.3 Å². The van der Waals surface area contributed by atoms with E-state index in [1.807, 2.05) is 0 Å². The van der Waals surface area contributed by atoms with Crippen LogP contribution in [0.3, 0.4) is 0 Å². The van der Waals surface area contributed by atoms with Gasteiger partial charge in [0.25, 0.3) is 0 Å². The summed E-state index contributed by atoms with van der Waals surface area (Å²) in [7, 11) is 0. The topological polar surface area (TPSA) is 3.24 Å². The molecule has 1 spiro atoms. The number of hydrogen-bond acceptors (Lipinski definition) is 1. The first-order valence-corrected chi connectivity index (χ1v) is 7.65. The van der Waals surface area contributed by atoms with Crippen molar-refractivity contribution in [2.45, 2.75) is 32.2 Å². The Kier molecular flexibility index (Phi) is 3.63. The quantitative estimate of drug-likeness (QED) is 0.748. The molecule has 0 unspecified atom stereocenters. The van der Waals surface area contributed by atoms with E-state index in [4.69, 9.17) is 11.6 Å². The number of hydrogen-bond donors (Lipinski definition) is 0. The largest absolute Gasteiger partial charge is 0.299 e. The fraction of sp³-hybridized carbons (Fsp3) is 0.625. The predicted octanol–water partition coefficient (Wildman–Crippen LogP) is 3.92. The van der Waals surface area contributed by atoms with Crippen LogP contribution in [0.2, 0.25) is 0 Å². The van der Waals surface area contributed by atoms with Crippen LogP contribution in [0.5, 0.6) is 0 Å². The van der Waals surface area contributed by atoms with Gasteiger partial charge in [0.1, 0.15) is 0 Å². The molecule has 0 bridgehead atoms. The summed E-state index contributed by atoms with van der Waals surface area (Å²) < 4.78 is 0. The van der Waals surface area contributed by atoms with E-state index in [-0.39, 0.29) is 0 Å². The van der Waals surface area contributed by atoms with E-state index in [9.17, 15) is 0 Å². The third kappa shape index (κ3) is 2.57. The molecule has 2 heteroatoms. The highest BCUT2D eigenvalue weighted by molar-refractivity contribution is 6.18. The predicted molar refractivity (Wildman–Crippen MR) is 76.8 cm³/mol. The SMILES string of the molecule is ClC[C@H]1CC[C@]2(CCN(Cc3ccccc3)C2)C1. The molecule has 2 aliphatic rings. The van der Waals surface area contributed by atoms with Crippen LogP contribution < -0.4 is 0 Å².